The summed E-state index contributed by atoms with van der Waals surface area (Å²) in [5, 5.41) is 28.9. The van der Waals surface area contributed by atoms with Crippen LogP contribution in [0.2, 0.25) is 0 Å². The van der Waals surface area contributed by atoms with Gasteiger partial charge in [0.1, 0.15) is 31.0 Å². The number of piperazine rings is 1. The second-order valence-corrected chi connectivity index (χ2v) is 17.6. The van der Waals surface area contributed by atoms with Gasteiger partial charge in [-0.2, -0.15) is 0 Å². The molecule has 5 N–H and O–H groups in total. The molecule has 5 aromatic rings. The number of fused-ring (bicyclic) bond motifs is 5. The summed E-state index contributed by atoms with van der Waals surface area (Å²) in [4.78, 5) is 110. The topological polar surface area (TPSA) is 265 Å². The van der Waals surface area contributed by atoms with E-state index in [-0.39, 0.29) is 81.9 Å². The number of nitrogens with one attached hydrogen (secondary N) is 3. The number of hydrogen-bond donors (Lipinski definition) is 5. The summed E-state index contributed by atoms with van der Waals surface area (Å²) in [6, 6.07) is 20.2. The van der Waals surface area contributed by atoms with Crippen LogP contribution in [0.3, 0.4) is 0 Å². The minimum atomic E-state index is -1.94. The van der Waals surface area contributed by atoms with Gasteiger partial charge in [-0.1, -0.05) is 56.3 Å². The number of esters is 1. The van der Waals surface area contributed by atoms with Gasteiger partial charge in [0.25, 0.3) is 5.56 Å². The Morgan fingerprint density at radius 2 is 1.54 bits per heavy atom. The second kappa shape index (κ2) is 20.8. The summed E-state index contributed by atoms with van der Waals surface area (Å²) in [5.41, 5.74) is 3.42. The maximum atomic E-state index is 13.7. The molecule has 5 amide bonds. The van der Waals surface area contributed by atoms with Crippen LogP contribution in [0, 0.1) is 0 Å². The molecule has 0 radical (unpaired) electrons. The average Bonchev–Trinajstić information content (AvgIpc) is 3.74. The Bertz CT molecular complexity index is 2990. The lowest BCUT2D eigenvalue weighted by molar-refractivity contribution is -0.172. The van der Waals surface area contributed by atoms with Gasteiger partial charge in [0.2, 0.25) is 17.7 Å². The number of carbonyl (C=O) groups is 7. The first-order valence-electron chi connectivity index (χ1n) is 23.3. The highest BCUT2D eigenvalue weighted by Crippen LogP contribution is 2.41. The first-order valence-corrected chi connectivity index (χ1v) is 23.3. The van der Waals surface area contributed by atoms with Crippen molar-refractivity contribution < 1.29 is 58.0 Å². The lowest BCUT2D eigenvalue weighted by Crippen LogP contribution is -2.52. The second-order valence-electron chi connectivity index (χ2n) is 17.6. The van der Waals surface area contributed by atoms with E-state index in [2.05, 4.69) is 16.0 Å². The molecule has 3 aromatic carbocycles. The number of aliphatic hydroxyl groups is 1. The van der Waals surface area contributed by atoms with Gasteiger partial charge in [-0.3, -0.25) is 24.0 Å². The third-order valence-corrected chi connectivity index (χ3v) is 13.0. The molecule has 0 saturated carbocycles. The highest BCUT2D eigenvalue weighted by Gasteiger charge is 2.45. The molecule has 0 aliphatic carbocycles. The Labute approximate surface area is 406 Å². The van der Waals surface area contributed by atoms with Crippen molar-refractivity contribution in [3.05, 3.63) is 123 Å². The number of carbonyl (C=O) groups excluding carboxylic acids is 6. The number of benzene rings is 3. The molecule has 3 atom stereocenters. The van der Waals surface area contributed by atoms with E-state index in [1.165, 1.54) is 16.7 Å². The smallest absolute Gasteiger partial charge is 0.415 e. The zero-order valence-corrected chi connectivity index (χ0v) is 39.3. The largest absolute Gasteiger partial charge is 0.481 e. The van der Waals surface area contributed by atoms with E-state index in [4.69, 9.17) is 24.3 Å². The first-order chi connectivity index (χ1) is 34.1. The van der Waals surface area contributed by atoms with Gasteiger partial charge in [-0.05, 0) is 72.9 Å². The number of aliphatic carboxylic acids is 1. The number of carboxylic acid groups (broad SMARTS) is 1. The molecule has 8 rings (SSSR count). The number of amides is 5. The Balaban J connectivity index is 0.810. The fourth-order valence-electron chi connectivity index (χ4n) is 8.94. The molecule has 370 valence electrons. The van der Waals surface area contributed by atoms with Crippen molar-refractivity contribution in [2.45, 2.75) is 90.3 Å². The molecule has 20 heteroatoms. The van der Waals surface area contributed by atoms with Crippen LogP contribution < -0.4 is 26.2 Å². The number of carboxylic acids is 1. The van der Waals surface area contributed by atoms with Crippen LogP contribution in [-0.2, 0) is 71.6 Å². The van der Waals surface area contributed by atoms with Crippen LogP contribution in [0.25, 0.3) is 22.3 Å². The van der Waals surface area contributed by atoms with Gasteiger partial charge in [0.05, 0.1) is 35.4 Å². The van der Waals surface area contributed by atoms with E-state index >= 15 is 0 Å². The van der Waals surface area contributed by atoms with Crippen LogP contribution in [0.15, 0.2) is 83.7 Å². The Morgan fingerprint density at radius 1 is 0.831 bits per heavy atom. The molecule has 2 aromatic heterocycles. The predicted molar refractivity (Wildman–Crippen MR) is 255 cm³/mol. The molecule has 20 nitrogen and oxygen atoms in total. The summed E-state index contributed by atoms with van der Waals surface area (Å²) in [7, 11) is 0. The lowest BCUT2D eigenvalue weighted by atomic mass is 9.86. The average molecular weight is 972 g/mol. The molecule has 1 saturated heterocycles. The van der Waals surface area contributed by atoms with E-state index in [1.807, 2.05) is 6.92 Å². The molecular formula is C51H53N7O13. The zero-order valence-electron chi connectivity index (χ0n) is 39.3. The Morgan fingerprint density at radius 3 is 2.21 bits per heavy atom. The molecule has 3 aliphatic heterocycles. The van der Waals surface area contributed by atoms with Crippen molar-refractivity contribution in [2.75, 3.05) is 31.5 Å². The standard InChI is InChI=1S/C51H53N7O13/c1-4-34-35-24-33(15-16-39(35)55-44-36(34)26-58-41(44)25-38-37(47(58)64)28-69-48(65)51(38,68)5-2)71-50(67)57-21-19-56(20-22-57)49(66)70-27-31-11-13-32(14-12-31)53-45(62)29(3)52-46(63)40(23-30-9-7-6-8-10-30)54-42(59)17-18-43(60)61/h6-16,24-25,29,40,68H,4-5,17-23,26-28H2,1-3H3,(H,52,63)(H,53,62)(H,54,59)(H,60,61)/t29-,40-,51-/m0/s1. The quantitative estimate of drug-likeness (QED) is 0.0907. The highest BCUT2D eigenvalue weighted by molar-refractivity contribution is 5.98. The number of hydrogen-bond acceptors (Lipinski definition) is 13. The van der Waals surface area contributed by atoms with Gasteiger partial charge in [-0.15, -0.1) is 0 Å². The van der Waals surface area contributed by atoms with Gasteiger partial charge >= 0.3 is 24.1 Å². The molecule has 71 heavy (non-hydrogen) atoms. The first kappa shape index (κ1) is 49.3. The number of anilines is 1. The minimum absolute atomic E-state index is 0.0348. The van der Waals surface area contributed by atoms with Crippen LogP contribution >= 0.6 is 0 Å². The number of rotatable bonds is 15. The number of ether oxygens (including phenoxy) is 3. The van der Waals surface area contributed by atoms with Crippen LogP contribution in [0.1, 0.15) is 73.4 Å². The number of pyridine rings is 2. The number of aromatic nitrogens is 2. The van der Waals surface area contributed by atoms with Crippen molar-refractivity contribution in [1.82, 2.24) is 30.0 Å². The Kier molecular flexibility index (Phi) is 14.5. The highest BCUT2D eigenvalue weighted by atomic mass is 16.6. The van der Waals surface area contributed by atoms with Crippen LogP contribution in [-0.4, -0.2) is 110 Å². The number of aryl methyl sites for hydroxylation is 1. The lowest BCUT2D eigenvalue weighted by Gasteiger charge is -2.33. The van der Waals surface area contributed by atoms with Crippen LogP contribution in [0.5, 0.6) is 5.75 Å². The van der Waals surface area contributed by atoms with Gasteiger partial charge in [-0.25, -0.2) is 19.4 Å². The third-order valence-electron chi connectivity index (χ3n) is 13.0. The van der Waals surface area contributed by atoms with Gasteiger partial charge in [0, 0.05) is 61.2 Å². The van der Waals surface area contributed by atoms with Crippen molar-refractivity contribution in [3.8, 4) is 17.1 Å². The molecule has 3 aliphatic rings. The van der Waals surface area contributed by atoms with E-state index in [0.717, 1.165) is 22.1 Å². The summed E-state index contributed by atoms with van der Waals surface area (Å²) in [6.45, 7) is 5.85. The third kappa shape index (κ3) is 10.6. The van der Waals surface area contributed by atoms with Gasteiger partial charge < -0.3 is 54.7 Å². The van der Waals surface area contributed by atoms with Crippen molar-refractivity contribution >= 4 is 58.4 Å². The van der Waals surface area contributed by atoms with E-state index in [1.54, 1.807) is 90.4 Å². The fraction of sp³-hybridized carbons (Fsp3) is 0.353. The Hall–Kier alpha value is -8.13. The fourth-order valence-corrected chi connectivity index (χ4v) is 8.94. The van der Waals surface area contributed by atoms with E-state index < -0.39 is 66.0 Å². The van der Waals surface area contributed by atoms with E-state index in [9.17, 15) is 43.5 Å². The molecule has 0 spiro atoms. The summed E-state index contributed by atoms with van der Waals surface area (Å²) < 4.78 is 18.2. The summed E-state index contributed by atoms with van der Waals surface area (Å²) >= 11 is 0. The van der Waals surface area contributed by atoms with Crippen molar-refractivity contribution in [2.24, 2.45) is 0 Å². The monoisotopic (exact) mass is 971 g/mol. The number of nitrogens with zero attached hydrogens (tertiary/aromatic N) is 4. The predicted octanol–water partition coefficient (Wildman–Crippen LogP) is 4.13. The van der Waals surface area contributed by atoms with Crippen LogP contribution in [0.4, 0.5) is 15.3 Å². The number of cyclic esters (lactones) is 1. The van der Waals surface area contributed by atoms with Crippen molar-refractivity contribution in [1.29, 1.82) is 0 Å². The molecule has 0 unspecified atom stereocenters. The molecule has 1 fully saturated rings. The van der Waals surface area contributed by atoms with E-state index in [0.29, 0.717) is 40.3 Å². The summed E-state index contributed by atoms with van der Waals surface area (Å²) in [6.07, 6.45) is -1.14. The molecular weight excluding hydrogens is 919 g/mol. The normalized spacial score (nSPS) is 16.6. The maximum absolute atomic E-state index is 13.7. The van der Waals surface area contributed by atoms with Gasteiger partial charge in [0.15, 0.2) is 5.60 Å². The zero-order chi connectivity index (χ0) is 50.6. The van der Waals surface area contributed by atoms with Crippen molar-refractivity contribution in [3.63, 3.8) is 0 Å². The maximum Gasteiger partial charge on any atom is 0.415 e. The SMILES string of the molecule is CCc1c2c(nc3ccc(OC(=O)N4CCN(C(=O)OCc5ccc(NC(=O)[C@H](C)NC(=O)[C@H](Cc6ccccc6)NC(=O)CCC(=O)O)cc5)CC4)cc13)-c1cc3c(c(=O)n1C2)COC(=O)[C@]3(O)CC. The molecule has 5 heterocycles. The molecule has 0 bridgehead atoms. The minimum Gasteiger partial charge on any atom is -0.481 e. The summed E-state index contributed by atoms with van der Waals surface area (Å²) in [5.74, 6) is -3.41.